The second kappa shape index (κ2) is 5.60. The molecule has 3 N–H and O–H groups in total. The van der Waals surface area contributed by atoms with Crippen molar-refractivity contribution in [2.75, 3.05) is 5.73 Å². The summed E-state index contributed by atoms with van der Waals surface area (Å²) in [6.45, 7) is 7.70. The number of nitrogens with one attached hydrogen (secondary N) is 1. The van der Waals surface area contributed by atoms with E-state index in [9.17, 15) is 4.79 Å². The number of nitrogens with zero attached hydrogens (tertiary/aromatic N) is 2. The van der Waals surface area contributed by atoms with Crippen LogP contribution in [0.2, 0.25) is 0 Å². The summed E-state index contributed by atoms with van der Waals surface area (Å²) in [5, 5.41) is 7.24. The van der Waals surface area contributed by atoms with Gasteiger partial charge in [-0.3, -0.25) is 9.48 Å². The Morgan fingerprint density at radius 1 is 1.33 bits per heavy atom. The lowest BCUT2D eigenvalue weighted by atomic mass is 10.1. The van der Waals surface area contributed by atoms with Gasteiger partial charge >= 0.3 is 0 Å². The first kappa shape index (κ1) is 15.1. The number of rotatable bonds is 3. The molecule has 21 heavy (non-hydrogen) atoms. The molecule has 0 fully saturated rings. The fraction of sp³-hybridized carbons (Fsp3) is 0.375. The molecule has 5 nitrogen and oxygen atoms in total. The van der Waals surface area contributed by atoms with Crippen molar-refractivity contribution in [1.82, 2.24) is 15.1 Å². The number of hydrogen-bond donors (Lipinski definition) is 2. The van der Waals surface area contributed by atoms with E-state index in [-0.39, 0.29) is 17.5 Å². The van der Waals surface area contributed by atoms with Crippen molar-refractivity contribution in [2.45, 2.75) is 39.3 Å². The van der Waals surface area contributed by atoms with Gasteiger partial charge in [0.15, 0.2) is 0 Å². The standard InChI is InChI=1S/C16H22N4O/c1-11(15(21)19-16(2,3)4)20-10-13(9-18-20)12-6-5-7-14(17)8-12/h5-11H,17H2,1-4H3,(H,19,21). The van der Waals surface area contributed by atoms with Crippen molar-refractivity contribution < 1.29 is 4.79 Å². The largest absolute Gasteiger partial charge is 0.399 e. The molecule has 1 amide bonds. The Hall–Kier alpha value is -2.30. The third-order valence-electron chi connectivity index (χ3n) is 3.10. The molecule has 1 aromatic heterocycles. The Balaban J connectivity index is 2.18. The molecular weight excluding hydrogens is 264 g/mol. The minimum atomic E-state index is -0.362. The Kier molecular flexibility index (Phi) is 4.02. The van der Waals surface area contributed by atoms with Crippen LogP contribution in [0.4, 0.5) is 5.69 Å². The summed E-state index contributed by atoms with van der Waals surface area (Å²) in [7, 11) is 0. The number of amides is 1. The van der Waals surface area contributed by atoms with Crippen LogP contribution in [0.3, 0.4) is 0 Å². The van der Waals surface area contributed by atoms with Crippen LogP contribution in [0.25, 0.3) is 11.1 Å². The number of carbonyl (C=O) groups excluding carboxylic acids is 1. The predicted molar refractivity (Wildman–Crippen MR) is 84.7 cm³/mol. The maximum Gasteiger partial charge on any atom is 0.244 e. The number of nitrogens with two attached hydrogens (primary N) is 1. The zero-order chi connectivity index (χ0) is 15.6. The van der Waals surface area contributed by atoms with E-state index < -0.39 is 0 Å². The van der Waals surface area contributed by atoms with Crippen molar-refractivity contribution in [3.8, 4) is 11.1 Å². The maximum atomic E-state index is 12.2. The van der Waals surface area contributed by atoms with Crippen LogP contribution in [0.1, 0.15) is 33.7 Å². The van der Waals surface area contributed by atoms with E-state index in [0.29, 0.717) is 5.69 Å². The van der Waals surface area contributed by atoms with E-state index in [4.69, 9.17) is 5.73 Å². The first-order valence-electron chi connectivity index (χ1n) is 6.98. The second-order valence-electron chi connectivity index (χ2n) is 6.25. The molecule has 0 aliphatic rings. The van der Waals surface area contributed by atoms with Crippen molar-refractivity contribution >= 4 is 11.6 Å². The molecule has 0 radical (unpaired) electrons. The first-order chi connectivity index (χ1) is 9.76. The van der Waals surface area contributed by atoms with E-state index in [1.165, 1.54) is 0 Å². The number of hydrogen-bond acceptors (Lipinski definition) is 3. The first-order valence-corrected chi connectivity index (χ1v) is 6.98. The Morgan fingerprint density at radius 3 is 2.67 bits per heavy atom. The van der Waals surface area contributed by atoms with Gasteiger partial charge in [0, 0.05) is 23.0 Å². The van der Waals surface area contributed by atoms with Gasteiger partial charge in [0.05, 0.1) is 6.20 Å². The van der Waals surface area contributed by atoms with Gasteiger partial charge in [-0.05, 0) is 45.4 Å². The van der Waals surface area contributed by atoms with Crippen LogP contribution in [-0.2, 0) is 4.79 Å². The summed E-state index contributed by atoms with van der Waals surface area (Å²) < 4.78 is 1.67. The normalized spacial score (nSPS) is 13.0. The SMILES string of the molecule is CC(C(=O)NC(C)(C)C)n1cc(-c2cccc(N)c2)cn1. The quantitative estimate of drug-likeness (QED) is 0.852. The fourth-order valence-corrected chi connectivity index (χ4v) is 2.01. The van der Waals surface area contributed by atoms with E-state index in [2.05, 4.69) is 10.4 Å². The molecular formula is C16H22N4O. The van der Waals surface area contributed by atoms with Crippen molar-refractivity contribution in [1.29, 1.82) is 0 Å². The lowest BCUT2D eigenvalue weighted by Crippen LogP contribution is -2.43. The van der Waals surface area contributed by atoms with Gasteiger partial charge in [0.1, 0.15) is 6.04 Å². The van der Waals surface area contributed by atoms with E-state index in [0.717, 1.165) is 11.1 Å². The Labute approximate surface area is 125 Å². The average Bonchev–Trinajstić information content (AvgIpc) is 2.85. The number of anilines is 1. The molecule has 1 aromatic carbocycles. The summed E-state index contributed by atoms with van der Waals surface area (Å²) in [6, 6.07) is 7.24. The molecule has 0 bridgehead atoms. The summed E-state index contributed by atoms with van der Waals surface area (Å²) >= 11 is 0. The van der Waals surface area contributed by atoms with Crippen LogP contribution in [0.5, 0.6) is 0 Å². The van der Waals surface area contributed by atoms with Gasteiger partial charge in [0.25, 0.3) is 0 Å². The number of carbonyl (C=O) groups is 1. The topological polar surface area (TPSA) is 72.9 Å². The summed E-state index contributed by atoms with van der Waals surface area (Å²) in [6.07, 6.45) is 3.61. The Morgan fingerprint density at radius 2 is 2.05 bits per heavy atom. The molecule has 2 rings (SSSR count). The summed E-state index contributed by atoms with van der Waals surface area (Å²) in [4.78, 5) is 12.2. The highest BCUT2D eigenvalue weighted by atomic mass is 16.2. The van der Waals surface area contributed by atoms with Crippen molar-refractivity contribution in [3.63, 3.8) is 0 Å². The summed E-state index contributed by atoms with van der Waals surface area (Å²) in [5.41, 5.74) is 8.17. The van der Waals surface area contributed by atoms with E-state index >= 15 is 0 Å². The van der Waals surface area contributed by atoms with E-state index in [1.807, 2.05) is 58.2 Å². The van der Waals surface area contributed by atoms with Crippen LogP contribution in [0, 0.1) is 0 Å². The third-order valence-corrected chi connectivity index (χ3v) is 3.10. The molecule has 5 heteroatoms. The minimum absolute atomic E-state index is 0.0512. The highest BCUT2D eigenvalue weighted by molar-refractivity contribution is 5.80. The zero-order valence-corrected chi connectivity index (χ0v) is 12.9. The molecule has 0 saturated heterocycles. The maximum absolute atomic E-state index is 12.2. The third kappa shape index (κ3) is 3.84. The highest BCUT2D eigenvalue weighted by Gasteiger charge is 2.21. The van der Waals surface area contributed by atoms with Gasteiger partial charge in [-0.15, -0.1) is 0 Å². The molecule has 2 aromatic rings. The van der Waals surface area contributed by atoms with Gasteiger partial charge < -0.3 is 11.1 Å². The van der Waals surface area contributed by atoms with Gasteiger partial charge in [0.2, 0.25) is 5.91 Å². The van der Waals surface area contributed by atoms with Crippen molar-refractivity contribution in [2.24, 2.45) is 0 Å². The van der Waals surface area contributed by atoms with Crippen LogP contribution >= 0.6 is 0 Å². The molecule has 112 valence electrons. The molecule has 0 spiro atoms. The number of nitrogen functional groups attached to an aromatic ring is 1. The molecule has 0 aliphatic carbocycles. The van der Waals surface area contributed by atoms with Gasteiger partial charge in [-0.1, -0.05) is 12.1 Å². The van der Waals surface area contributed by atoms with E-state index in [1.54, 1.807) is 10.9 Å². The predicted octanol–water partition coefficient (Wildman–Crippen LogP) is 2.61. The van der Waals surface area contributed by atoms with Crippen LogP contribution < -0.4 is 11.1 Å². The monoisotopic (exact) mass is 286 g/mol. The molecule has 1 unspecified atom stereocenters. The molecule has 1 heterocycles. The zero-order valence-electron chi connectivity index (χ0n) is 12.9. The lowest BCUT2D eigenvalue weighted by molar-refractivity contribution is -0.125. The van der Waals surface area contributed by atoms with Crippen LogP contribution in [0.15, 0.2) is 36.7 Å². The smallest absolute Gasteiger partial charge is 0.244 e. The van der Waals surface area contributed by atoms with Crippen LogP contribution in [-0.4, -0.2) is 21.2 Å². The minimum Gasteiger partial charge on any atom is -0.399 e. The number of benzene rings is 1. The Bertz CT molecular complexity index is 640. The lowest BCUT2D eigenvalue weighted by Gasteiger charge is -2.23. The number of aromatic nitrogens is 2. The van der Waals surface area contributed by atoms with Gasteiger partial charge in [-0.2, -0.15) is 5.10 Å². The fourth-order valence-electron chi connectivity index (χ4n) is 2.01. The highest BCUT2D eigenvalue weighted by Crippen LogP contribution is 2.22. The second-order valence-corrected chi connectivity index (χ2v) is 6.25. The molecule has 1 atom stereocenters. The molecule has 0 aliphatic heterocycles. The van der Waals surface area contributed by atoms with Crippen molar-refractivity contribution in [3.05, 3.63) is 36.7 Å². The van der Waals surface area contributed by atoms with Gasteiger partial charge in [-0.25, -0.2) is 0 Å². The average molecular weight is 286 g/mol. The molecule has 0 saturated carbocycles. The summed E-state index contributed by atoms with van der Waals surface area (Å²) in [5.74, 6) is -0.0512.